The molecule has 2 unspecified atom stereocenters. The number of fused-ring (bicyclic) bond motifs is 1. The van der Waals surface area contributed by atoms with E-state index in [2.05, 4.69) is 15.0 Å². The lowest BCUT2D eigenvalue weighted by Gasteiger charge is -2.39. The van der Waals surface area contributed by atoms with Crippen molar-refractivity contribution < 1.29 is 20.1 Å². The summed E-state index contributed by atoms with van der Waals surface area (Å²) in [6.45, 7) is 3.13. The zero-order chi connectivity index (χ0) is 15.4. The zero-order valence-electron chi connectivity index (χ0n) is 11.8. The first kappa shape index (κ1) is 14.5. The van der Waals surface area contributed by atoms with Gasteiger partial charge in [0.25, 0.3) is 0 Å². The van der Waals surface area contributed by atoms with Gasteiger partial charge in [-0.1, -0.05) is 0 Å². The first-order valence-corrected chi connectivity index (χ1v) is 6.69. The molecule has 116 valence electrons. The average molecular weight is 297 g/mol. The van der Waals surface area contributed by atoms with Crippen LogP contribution in [-0.4, -0.2) is 81.1 Å². The Bertz CT molecular complexity index is 534. The van der Waals surface area contributed by atoms with E-state index in [9.17, 15) is 10.2 Å². The van der Waals surface area contributed by atoms with Gasteiger partial charge in [-0.3, -0.25) is 9.89 Å². The molecule has 3 rings (SSSR count). The van der Waals surface area contributed by atoms with Gasteiger partial charge >= 0.3 is 0 Å². The lowest BCUT2D eigenvalue weighted by Crippen LogP contribution is -2.62. The topological polar surface area (TPSA) is 136 Å². The van der Waals surface area contributed by atoms with Crippen LogP contribution in [0.1, 0.15) is 13.8 Å². The van der Waals surface area contributed by atoms with Crippen LogP contribution in [0.5, 0.6) is 0 Å². The molecule has 9 nitrogen and oxygen atoms in total. The summed E-state index contributed by atoms with van der Waals surface area (Å²) in [7, 11) is 0. The lowest BCUT2D eigenvalue weighted by atomic mass is 9.86. The van der Waals surface area contributed by atoms with Gasteiger partial charge < -0.3 is 25.8 Å². The second kappa shape index (κ2) is 4.55. The Kier molecular flexibility index (Phi) is 3.15. The first-order chi connectivity index (χ1) is 9.82. The molecule has 3 aliphatic heterocycles. The number of aliphatic hydroxyl groups excluding tert-OH is 3. The molecule has 0 spiro atoms. The van der Waals surface area contributed by atoms with Crippen LogP contribution in [0.15, 0.2) is 15.0 Å². The third-order valence-electron chi connectivity index (χ3n) is 4.40. The number of aliphatic hydroxyl groups is 3. The summed E-state index contributed by atoms with van der Waals surface area (Å²) in [5.74, 6) is 0.484. The molecular formula is C12H19N5O4. The highest BCUT2D eigenvalue weighted by molar-refractivity contribution is 6.08. The van der Waals surface area contributed by atoms with Crippen molar-refractivity contribution in [2.45, 2.75) is 49.6 Å². The summed E-state index contributed by atoms with van der Waals surface area (Å²) < 4.78 is 5.50. The molecular weight excluding hydrogens is 278 g/mol. The Morgan fingerprint density at radius 1 is 1.33 bits per heavy atom. The summed E-state index contributed by atoms with van der Waals surface area (Å²) in [6.07, 6.45) is -1.29. The fourth-order valence-electron chi connectivity index (χ4n) is 2.72. The molecule has 3 aliphatic rings. The van der Waals surface area contributed by atoms with Crippen molar-refractivity contribution in [3.05, 3.63) is 0 Å². The van der Waals surface area contributed by atoms with Gasteiger partial charge in [-0.15, -0.1) is 0 Å². The van der Waals surface area contributed by atoms with Crippen LogP contribution in [0.25, 0.3) is 0 Å². The summed E-state index contributed by atoms with van der Waals surface area (Å²) in [5, 5.41) is 29.1. The molecule has 0 amide bonds. The van der Waals surface area contributed by atoms with Crippen LogP contribution in [0.2, 0.25) is 0 Å². The maximum absolute atomic E-state index is 10.1. The molecule has 0 bridgehead atoms. The van der Waals surface area contributed by atoms with E-state index in [1.54, 1.807) is 13.8 Å². The fourth-order valence-corrected chi connectivity index (χ4v) is 2.72. The predicted molar refractivity (Wildman–Crippen MR) is 75.0 cm³/mol. The summed E-state index contributed by atoms with van der Waals surface area (Å²) >= 11 is 0. The lowest BCUT2D eigenvalue weighted by molar-refractivity contribution is -0.0515. The van der Waals surface area contributed by atoms with Crippen molar-refractivity contribution in [3.8, 4) is 0 Å². The highest BCUT2D eigenvalue weighted by atomic mass is 16.6. The molecule has 3 heterocycles. The standard InChI is InChI=1S/C12H19N5O4/c1-11-10(14-4-15-12(11,2)13)17(5-16-11)9-8(20)7(19)6(3-18)21-9/h4-9,18-20H,3,13H2,1-2H3/t6-,7-,8-,9-,11?,12?/m1/s1. The summed E-state index contributed by atoms with van der Waals surface area (Å²) in [5.41, 5.74) is 4.30. The van der Waals surface area contributed by atoms with Crippen LogP contribution < -0.4 is 5.73 Å². The first-order valence-electron chi connectivity index (χ1n) is 6.69. The third-order valence-corrected chi connectivity index (χ3v) is 4.40. The van der Waals surface area contributed by atoms with Gasteiger partial charge in [0.1, 0.15) is 36.1 Å². The highest BCUT2D eigenvalue weighted by Gasteiger charge is 2.56. The van der Waals surface area contributed by atoms with Crippen molar-refractivity contribution >= 4 is 18.5 Å². The molecule has 0 radical (unpaired) electrons. The molecule has 1 fully saturated rings. The Morgan fingerprint density at radius 2 is 2.05 bits per heavy atom. The quantitative estimate of drug-likeness (QED) is 0.450. The van der Waals surface area contributed by atoms with Crippen molar-refractivity contribution in [2.75, 3.05) is 6.61 Å². The molecule has 0 saturated carbocycles. The van der Waals surface area contributed by atoms with E-state index in [-0.39, 0.29) is 6.61 Å². The smallest absolute Gasteiger partial charge is 0.165 e. The largest absolute Gasteiger partial charge is 0.394 e. The van der Waals surface area contributed by atoms with Crippen LogP contribution in [-0.2, 0) is 4.74 Å². The molecule has 0 aromatic carbocycles. The predicted octanol–water partition coefficient (Wildman–Crippen LogP) is -2.36. The highest BCUT2D eigenvalue weighted by Crippen LogP contribution is 2.36. The SMILES string of the molecule is CC1(N)N=CN=C2N([C@@H]3O[C@H](CO)[C@@H](O)[C@H]3O)C=NC21C. The van der Waals surface area contributed by atoms with Gasteiger partial charge in [0, 0.05) is 0 Å². The van der Waals surface area contributed by atoms with E-state index in [0.29, 0.717) is 5.84 Å². The summed E-state index contributed by atoms with van der Waals surface area (Å²) in [6, 6.07) is 0. The van der Waals surface area contributed by atoms with Gasteiger partial charge in [-0.05, 0) is 13.8 Å². The average Bonchev–Trinajstić information content (AvgIpc) is 2.91. The molecule has 0 aromatic heterocycles. The second-order valence-electron chi connectivity index (χ2n) is 5.80. The molecule has 6 atom stereocenters. The van der Waals surface area contributed by atoms with E-state index in [1.165, 1.54) is 17.6 Å². The normalized spacial score (nSPS) is 48.7. The van der Waals surface area contributed by atoms with Crippen LogP contribution in [0, 0.1) is 0 Å². The molecule has 0 aliphatic carbocycles. The van der Waals surface area contributed by atoms with E-state index < -0.39 is 35.7 Å². The van der Waals surface area contributed by atoms with Gasteiger partial charge in [-0.25, -0.2) is 9.98 Å². The number of amidine groups is 1. The van der Waals surface area contributed by atoms with Crippen LogP contribution >= 0.6 is 0 Å². The number of aliphatic imine (C=N–C) groups is 3. The number of rotatable bonds is 2. The molecule has 21 heavy (non-hydrogen) atoms. The van der Waals surface area contributed by atoms with Gasteiger partial charge in [0.15, 0.2) is 11.8 Å². The Labute approximate surface area is 121 Å². The third kappa shape index (κ3) is 1.86. The van der Waals surface area contributed by atoms with E-state index in [4.69, 9.17) is 15.6 Å². The number of hydrogen-bond donors (Lipinski definition) is 4. The van der Waals surface area contributed by atoms with Crippen molar-refractivity contribution in [3.63, 3.8) is 0 Å². The fraction of sp³-hybridized carbons (Fsp3) is 0.750. The maximum Gasteiger partial charge on any atom is 0.165 e. The van der Waals surface area contributed by atoms with Crippen LogP contribution in [0.4, 0.5) is 0 Å². The molecule has 9 heteroatoms. The van der Waals surface area contributed by atoms with Crippen molar-refractivity contribution in [1.29, 1.82) is 0 Å². The number of nitrogens with zero attached hydrogens (tertiary/aromatic N) is 4. The molecule has 1 saturated heterocycles. The van der Waals surface area contributed by atoms with Gasteiger partial charge in [0.2, 0.25) is 0 Å². The minimum atomic E-state index is -1.19. The van der Waals surface area contributed by atoms with Gasteiger partial charge in [-0.2, -0.15) is 0 Å². The van der Waals surface area contributed by atoms with E-state index in [0.717, 1.165) is 0 Å². The zero-order valence-corrected chi connectivity index (χ0v) is 11.8. The number of ether oxygens (including phenoxy) is 1. The minimum absolute atomic E-state index is 0.389. The number of hydrogen-bond acceptors (Lipinski definition) is 9. The summed E-state index contributed by atoms with van der Waals surface area (Å²) in [4.78, 5) is 14.2. The van der Waals surface area contributed by atoms with Gasteiger partial charge in [0.05, 0.1) is 12.9 Å². The molecule has 0 aromatic rings. The van der Waals surface area contributed by atoms with Crippen molar-refractivity contribution in [2.24, 2.45) is 20.7 Å². The second-order valence-corrected chi connectivity index (χ2v) is 5.80. The number of nitrogens with two attached hydrogens (primary N) is 1. The monoisotopic (exact) mass is 297 g/mol. The minimum Gasteiger partial charge on any atom is -0.394 e. The van der Waals surface area contributed by atoms with Crippen molar-refractivity contribution in [1.82, 2.24) is 4.90 Å². The Hall–Kier alpha value is -1.39. The van der Waals surface area contributed by atoms with Crippen LogP contribution in [0.3, 0.4) is 0 Å². The van der Waals surface area contributed by atoms with E-state index >= 15 is 0 Å². The Morgan fingerprint density at radius 3 is 2.67 bits per heavy atom. The Balaban J connectivity index is 1.91. The van der Waals surface area contributed by atoms with E-state index in [1.807, 2.05) is 0 Å². The molecule has 5 N–H and O–H groups in total. The maximum atomic E-state index is 10.1.